The fourth-order valence-electron chi connectivity index (χ4n) is 4.73. The van der Waals surface area contributed by atoms with Crippen LogP contribution in [0.5, 0.6) is 0 Å². The molecule has 0 unspecified atom stereocenters. The predicted octanol–water partition coefficient (Wildman–Crippen LogP) is 5.51. The number of rotatable bonds is 6. The van der Waals surface area contributed by atoms with Crippen molar-refractivity contribution in [2.24, 2.45) is 10.8 Å². The normalized spacial score (nSPS) is 18.9. The molecule has 2 aliphatic rings. The molecule has 3 N–H and O–H groups in total. The summed E-state index contributed by atoms with van der Waals surface area (Å²) < 4.78 is 61.8. The van der Waals surface area contributed by atoms with E-state index in [0.29, 0.717) is 31.5 Å². The Morgan fingerprint density at radius 1 is 0.805 bits per heavy atom. The Hall–Kier alpha value is -3.28. The third kappa shape index (κ3) is 8.85. The van der Waals surface area contributed by atoms with Crippen LogP contribution in [0.25, 0.3) is 0 Å². The monoisotopic (exact) mass is 596 g/mol. The number of anilines is 2. The van der Waals surface area contributed by atoms with Gasteiger partial charge in [0.2, 0.25) is 11.8 Å². The van der Waals surface area contributed by atoms with Crippen LogP contribution in [-0.2, 0) is 32.7 Å². The average Bonchev–Trinajstić information content (AvgIpc) is 2.84. The van der Waals surface area contributed by atoms with Crippen molar-refractivity contribution < 1.29 is 31.2 Å². The lowest BCUT2D eigenvalue weighted by molar-refractivity contribution is -0.138. The fourth-order valence-corrected chi connectivity index (χ4v) is 5.33. The van der Waals surface area contributed by atoms with Crippen LogP contribution in [-0.4, -0.2) is 48.6 Å². The molecule has 2 fully saturated rings. The number of piperidine rings is 2. The highest BCUT2D eigenvalue weighted by atomic mass is 32.2. The summed E-state index contributed by atoms with van der Waals surface area (Å²) in [6.45, 7) is 10.3. The number of nitrogens with one attached hydrogen (secondary N) is 1. The standard InChI is InChI=1S/C15H19F3N2O3S.C14H20N2O/c1-14(2)7-8-20(13(21)9-14)10-11-5-3-4-6-12(11)19-24(22,23)15(16,17)18;1-14(2)7-8-16(13(17)9-14)10-11-5-3-4-6-12(11)15/h3-6,19H,7-10H2,1-2H3;3-6H,7-10,15H2,1-2H3. The number of carbonyl (C=O) groups excluding carboxylic acids is 2. The minimum Gasteiger partial charge on any atom is -0.398 e. The number of sulfonamides is 1. The number of likely N-dealkylation sites (tertiary alicyclic amines) is 2. The summed E-state index contributed by atoms with van der Waals surface area (Å²) in [6, 6.07) is 13.5. The Kier molecular flexibility index (Phi) is 9.67. The topological polar surface area (TPSA) is 113 Å². The molecule has 0 aromatic heterocycles. The molecule has 2 saturated heterocycles. The molecular weight excluding hydrogens is 557 g/mol. The van der Waals surface area contributed by atoms with Crippen LogP contribution in [0.1, 0.15) is 64.5 Å². The van der Waals surface area contributed by atoms with E-state index in [1.807, 2.05) is 43.0 Å². The maximum atomic E-state index is 12.5. The highest BCUT2D eigenvalue weighted by Crippen LogP contribution is 2.33. The van der Waals surface area contributed by atoms with E-state index < -0.39 is 15.5 Å². The number of nitrogen functional groups attached to an aromatic ring is 1. The minimum absolute atomic E-state index is 0.0610. The van der Waals surface area contributed by atoms with Gasteiger partial charge in [-0.1, -0.05) is 64.1 Å². The summed E-state index contributed by atoms with van der Waals surface area (Å²) in [6.07, 6.45) is 2.82. The van der Waals surface area contributed by atoms with Crippen LogP contribution in [0, 0.1) is 10.8 Å². The zero-order valence-electron chi connectivity index (χ0n) is 23.9. The first-order valence-electron chi connectivity index (χ1n) is 13.5. The van der Waals surface area contributed by atoms with Crippen molar-refractivity contribution in [2.75, 3.05) is 23.5 Å². The van der Waals surface area contributed by atoms with Crippen LogP contribution in [0.2, 0.25) is 0 Å². The fraction of sp³-hybridized carbons (Fsp3) is 0.517. The molecular formula is C29H39F3N4O4S. The highest BCUT2D eigenvalue weighted by molar-refractivity contribution is 7.93. The molecule has 0 radical (unpaired) electrons. The van der Waals surface area contributed by atoms with Crippen LogP contribution in [0.3, 0.4) is 0 Å². The van der Waals surface area contributed by atoms with Crippen molar-refractivity contribution in [3.63, 3.8) is 0 Å². The Labute approximate surface area is 240 Å². The first-order chi connectivity index (χ1) is 18.9. The molecule has 2 aliphatic heterocycles. The van der Waals surface area contributed by atoms with Crippen molar-refractivity contribution in [3.05, 3.63) is 59.7 Å². The molecule has 0 atom stereocenters. The van der Waals surface area contributed by atoms with Gasteiger partial charge < -0.3 is 15.5 Å². The van der Waals surface area contributed by atoms with Crippen LogP contribution >= 0.6 is 0 Å². The van der Waals surface area contributed by atoms with Gasteiger partial charge in [0.15, 0.2) is 0 Å². The number of hydrogen-bond acceptors (Lipinski definition) is 5. The maximum Gasteiger partial charge on any atom is 0.516 e. The molecule has 2 aromatic carbocycles. The van der Waals surface area contributed by atoms with E-state index in [4.69, 9.17) is 5.73 Å². The lowest BCUT2D eigenvalue weighted by Crippen LogP contribution is -2.41. The van der Waals surface area contributed by atoms with Crippen molar-refractivity contribution in [3.8, 4) is 0 Å². The lowest BCUT2D eigenvalue weighted by atomic mass is 9.82. The second-order valence-electron chi connectivity index (χ2n) is 12.2. The Bertz CT molecular complexity index is 1360. The number of nitrogens with two attached hydrogens (primary N) is 1. The number of nitrogens with zero attached hydrogens (tertiary/aromatic N) is 2. The first kappa shape index (κ1) is 32.2. The minimum atomic E-state index is -5.50. The van der Waals surface area contributed by atoms with Crippen molar-refractivity contribution in [2.45, 2.75) is 72.0 Å². The van der Waals surface area contributed by atoms with Gasteiger partial charge in [-0.3, -0.25) is 14.3 Å². The van der Waals surface area contributed by atoms with Crippen LogP contribution in [0.4, 0.5) is 24.5 Å². The Balaban J connectivity index is 0.000000239. The van der Waals surface area contributed by atoms with E-state index in [0.717, 1.165) is 30.6 Å². The van der Waals surface area contributed by atoms with Gasteiger partial charge in [-0.2, -0.15) is 21.6 Å². The van der Waals surface area contributed by atoms with E-state index >= 15 is 0 Å². The number of carbonyl (C=O) groups is 2. The van der Waals surface area contributed by atoms with E-state index in [-0.39, 0.29) is 34.9 Å². The molecule has 226 valence electrons. The number of amides is 2. The zero-order valence-corrected chi connectivity index (χ0v) is 24.7. The zero-order chi connectivity index (χ0) is 30.6. The number of para-hydroxylation sites is 2. The smallest absolute Gasteiger partial charge is 0.398 e. The Morgan fingerprint density at radius 3 is 1.71 bits per heavy atom. The second-order valence-corrected chi connectivity index (χ2v) is 13.9. The maximum absolute atomic E-state index is 12.5. The van der Waals surface area contributed by atoms with Gasteiger partial charge in [-0.15, -0.1) is 0 Å². The average molecular weight is 597 g/mol. The highest BCUT2D eigenvalue weighted by Gasteiger charge is 2.46. The largest absolute Gasteiger partial charge is 0.516 e. The summed E-state index contributed by atoms with van der Waals surface area (Å²) >= 11 is 0. The molecule has 2 amide bonds. The molecule has 2 aromatic rings. The second kappa shape index (κ2) is 12.3. The van der Waals surface area contributed by atoms with Gasteiger partial charge in [-0.25, -0.2) is 0 Å². The summed E-state index contributed by atoms with van der Waals surface area (Å²) in [5.74, 6) is 0.143. The van der Waals surface area contributed by atoms with Gasteiger partial charge in [0.25, 0.3) is 0 Å². The summed E-state index contributed by atoms with van der Waals surface area (Å²) in [5, 5.41) is 0. The molecule has 4 rings (SSSR count). The van der Waals surface area contributed by atoms with E-state index in [1.165, 1.54) is 23.1 Å². The third-order valence-corrected chi connectivity index (χ3v) is 8.52. The number of hydrogen-bond donors (Lipinski definition) is 2. The first-order valence-corrected chi connectivity index (χ1v) is 14.9. The van der Waals surface area contributed by atoms with Gasteiger partial charge >= 0.3 is 15.5 Å². The van der Waals surface area contributed by atoms with Crippen molar-refractivity contribution in [1.29, 1.82) is 0 Å². The summed E-state index contributed by atoms with van der Waals surface area (Å²) in [4.78, 5) is 27.6. The number of halogens is 3. The van der Waals surface area contributed by atoms with Crippen molar-refractivity contribution >= 4 is 33.2 Å². The number of alkyl halides is 3. The lowest BCUT2D eigenvalue weighted by Gasteiger charge is -2.36. The third-order valence-electron chi connectivity index (χ3n) is 7.43. The molecule has 41 heavy (non-hydrogen) atoms. The van der Waals surface area contributed by atoms with Gasteiger partial charge in [0.05, 0.1) is 5.69 Å². The molecule has 8 nitrogen and oxygen atoms in total. The van der Waals surface area contributed by atoms with Gasteiger partial charge in [0.1, 0.15) is 0 Å². The summed E-state index contributed by atoms with van der Waals surface area (Å²) in [7, 11) is -5.50. The predicted molar refractivity (Wildman–Crippen MR) is 153 cm³/mol. The van der Waals surface area contributed by atoms with E-state index in [2.05, 4.69) is 13.8 Å². The van der Waals surface area contributed by atoms with Crippen LogP contribution in [0.15, 0.2) is 48.5 Å². The van der Waals surface area contributed by atoms with E-state index in [1.54, 1.807) is 10.8 Å². The number of benzene rings is 2. The quantitative estimate of drug-likeness (QED) is 0.427. The molecule has 2 heterocycles. The van der Waals surface area contributed by atoms with Crippen molar-refractivity contribution in [1.82, 2.24) is 9.80 Å². The SMILES string of the molecule is CC1(C)CCN(Cc2ccccc2N)C(=O)C1.CC1(C)CCN(Cc2ccccc2NS(=O)(=O)C(F)(F)F)C(=O)C1. The molecule has 0 bridgehead atoms. The Morgan fingerprint density at radius 2 is 1.24 bits per heavy atom. The molecule has 0 saturated carbocycles. The molecule has 0 spiro atoms. The molecule has 0 aliphatic carbocycles. The van der Waals surface area contributed by atoms with Gasteiger partial charge in [-0.05, 0) is 46.9 Å². The molecule has 12 heteroatoms. The van der Waals surface area contributed by atoms with Gasteiger partial charge in [0, 0.05) is 44.7 Å². The summed E-state index contributed by atoms with van der Waals surface area (Å²) in [5.41, 5.74) is 2.50. The van der Waals surface area contributed by atoms with Crippen LogP contribution < -0.4 is 10.5 Å². The van der Waals surface area contributed by atoms with E-state index in [9.17, 15) is 31.2 Å².